The van der Waals surface area contributed by atoms with Crippen molar-refractivity contribution in [2.45, 2.75) is 13.8 Å². The molecule has 0 atom stereocenters. The smallest absolute Gasteiger partial charge is 0.158 e. The zero-order chi connectivity index (χ0) is 32.0. The Kier molecular flexibility index (Phi) is 8.25. The molecule has 0 unspecified atom stereocenters. The maximum atomic E-state index is 4.61. The number of rotatable bonds is 3. The molecule has 6 heterocycles. The van der Waals surface area contributed by atoms with E-state index in [9.17, 15) is 0 Å². The zero-order valence-corrected chi connectivity index (χ0v) is 26.0. The minimum atomic E-state index is 0.872. The highest BCUT2D eigenvalue weighted by Gasteiger charge is 2.05. The van der Waals surface area contributed by atoms with Crippen LogP contribution in [0.5, 0.6) is 0 Å². The minimum absolute atomic E-state index is 0.872. The van der Waals surface area contributed by atoms with Crippen molar-refractivity contribution in [3.63, 3.8) is 0 Å². The summed E-state index contributed by atoms with van der Waals surface area (Å²) in [6, 6.07) is 38.3. The molecule has 47 heavy (non-hydrogen) atoms. The maximum absolute atomic E-state index is 4.61. The van der Waals surface area contributed by atoms with Gasteiger partial charge in [0.15, 0.2) is 16.9 Å². The van der Waals surface area contributed by atoms with Crippen molar-refractivity contribution >= 4 is 16.9 Å². The Morgan fingerprint density at radius 1 is 0.404 bits per heavy atom. The molecule has 0 fully saturated rings. The molecule has 6 aromatic heterocycles. The van der Waals surface area contributed by atoms with Crippen LogP contribution >= 0.6 is 0 Å². The molecule has 228 valence electrons. The summed E-state index contributed by atoms with van der Waals surface area (Å²) in [6.45, 7) is 4.04. The van der Waals surface area contributed by atoms with Crippen LogP contribution in [0.1, 0.15) is 11.1 Å². The molecule has 0 saturated heterocycles. The summed E-state index contributed by atoms with van der Waals surface area (Å²) in [5.41, 5.74) is 11.2. The van der Waals surface area contributed by atoms with Gasteiger partial charge >= 0.3 is 0 Å². The molecule has 0 spiro atoms. The standard InChI is InChI=1S/2C13H11N3.C12H9N3/c2*1-10-9-14-16-8-7-12(15-13(10)16)11-5-3-2-4-6-11;1-2-4-10(5-3-1)11-7-9-15-12(14-11)6-8-13-15/h2*2-9H,1H3;1-9H. The van der Waals surface area contributed by atoms with Gasteiger partial charge in [-0.3, -0.25) is 0 Å². The average Bonchev–Trinajstić information content (AvgIpc) is 3.88. The summed E-state index contributed by atoms with van der Waals surface area (Å²) in [7, 11) is 0. The highest BCUT2D eigenvalue weighted by molar-refractivity contribution is 5.64. The van der Waals surface area contributed by atoms with Crippen LogP contribution in [0.25, 0.3) is 50.7 Å². The first-order valence-electron chi connectivity index (χ1n) is 15.2. The summed E-state index contributed by atoms with van der Waals surface area (Å²) >= 11 is 0. The van der Waals surface area contributed by atoms with Crippen LogP contribution in [0, 0.1) is 13.8 Å². The Hall–Kier alpha value is -6.48. The van der Waals surface area contributed by atoms with Gasteiger partial charge in [0.1, 0.15) is 0 Å². The highest BCUT2D eigenvalue weighted by atomic mass is 15.2. The SMILES string of the molecule is Cc1cnn2ccc(-c3ccccc3)nc12.Cc1cnn2ccc(-c3ccccc3)nc12.c1ccc(-c2ccn3nccc3n2)cc1. The lowest BCUT2D eigenvalue weighted by molar-refractivity contribution is 0.941. The normalized spacial score (nSPS) is 10.8. The number of nitrogens with zero attached hydrogens (tertiary/aromatic N) is 9. The van der Waals surface area contributed by atoms with Gasteiger partial charge in [-0.05, 0) is 32.0 Å². The van der Waals surface area contributed by atoms with E-state index >= 15 is 0 Å². The van der Waals surface area contributed by atoms with Gasteiger partial charge in [-0.2, -0.15) is 15.3 Å². The van der Waals surface area contributed by atoms with E-state index in [2.05, 4.69) is 66.6 Å². The fourth-order valence-electron chi connectivity index (χ4n) is 5.09. The third-order valence-electron chi connectivity index (χ3n) is 7.56. The molecule has 9 heteroatoms. The second-order valence-electron chi connectivity index (χ2n) is 10.9. The lowest BCUT2D eigenvalue weighted by Crippen LogP contribution is -1.92. The lowest BCUT2D eigenvalue weighted by Gasteiger charge is -2.01. The van der Waals surface area contributed by atoms with Crippen LogP contribution in [0.4, 0.5) is 0 Å². The first kappa shape index (κ1) is 29.2. The monoisotopic (exact) mass is 613 g/mol. The van der Waals surface area contributed by atoms with Gasteiger partial charge in [0.05, 0.1) is 35.7 Å². The Morgan fingerprint density at radius 2 is 0.809 bits per heavy atom. The minimum Gasteiger partial charge on any atom is -0.229 e. The van der Waals surface area contributed by atoms with E-state index < -0.39 is 0 Å². The second kappa shape index (κ2) is 13.3. The summed E-state index contributed by atoms with van der Waals surface area (Å²) in [6.07, 6.45) is 11.2. The first-order chi connectivity index (χ1) is 23.1. The number of aryl methyl sites for hydroxylation is 2. The van der Waals surface area contributed by atoms with Gasteiger partial charge in [0.2, 0.25) is 0 Å². The van der Waals surface area contributed by atoms with Crippen LogP contribution < -0.4 is 0 Å². The molecule has 0 bridgehead atoms. The first-order valence-corrected chi connectivity index (χ1v) is 15.2. The summed E-state index contributed by atoms with van der Waals surface area (Å²) in [4.78, 5) is 13.7. The van der Waals surface area contributed by atoms with Gasteiger partial charge in [-0.1, -0.05) is 91.0 Å². The van der Waals surface area contributed by atoms with Gasteiger partial charge in [0, 0.05) is 52.5 Å². The largest absolute Gasteiger partial charge is 0.229 e. The van der Waals surface area contributed by atoms with E-state index in [-0.39, 0.29) is 0 Å². The molecule has 3 aromatic carbocycles. The van der Waals surface area contributed by atoms with E-state index in [1.165, 1.54) is 0 Å². The molecular formula is C38H31N9. The van der Waals surface area contributed by atoms with Gasteiger partial charge in [0.25, 0.3) is 0 Å². The van der Waals surface area contributed by atoms with Crippen LogP contribution in [-0.4, -0.2) is 43.8 Å². The summed E-state index contributed by atoms with van der Waals surface area (Å²) in [5, 5.41) is 12.5. The van der Waals surface area contributed by atoms with Crippen molar-refractivity contribution in [3.05, 3.63) is 164 Å². The van der Waals surface area contributed by atoms with Crippen LogP contribution in [0.2, 0.25) is 0 Å². The molecular weight excluding hydrogens is 582 g/mol. The van der Waals surface area contributed by atoms with Gasteiger partial charge < -0.3 is 0 Å². The van der Waals surface area contributed by atoms with E-state index in [1.54, 1.807) is 19.7 Å². The van der Waals surface area contributed by atoms with Crippen molar-refractivity contribution in [2.24, 2.45) is 0 Å². The molecule has 0 amide bonds. The second-order valence-corrected chi connectivity index (χ2v) is 10.9. The van der Waals surface area contributed by atoms with Crippen LogP contribution in [-0.2, 0) is 0 Å². The molecule has 9 nitrogen and oxygen atoms in total. The molecule has 9 aromatic rings. The number of aromatic nitrogens is 9. The van der Waals surface area contributed by atoms with Crippen molar-refractivity contribution in [1.29, 1.82) is 0 Å². The topological polar surface area (TPSA) is 90.6 Å². The summed E-state index contributed by atoms with van der Waals surface area (Å²) in [5.74, 6) is 0. The summed E-state index contributed by atoms with van der Waals surface area (Å²) < 4.78 is 5.34. The quantitative estimate of drug-likeness (QED) is 0.202. The molecule has 0 aliphatic carbocycles. The Balaban J connectivity index is 0.000000112. The third-order valence-corrected chi connectivity index (χ3v) is 7.56. The Labute approximate surface area is 271 Å². The van der Waals surface area contributed by atoms with Crippen molar-refractivity contribution in [1.82, 2.24) is 43.8 Å². The van der Waals surface area contributed by atoms with Crippen molar-refractivity contribution in [2.75, 3.05) is 0 Å². The highest BCUT2D eigenvalue weighted by Crippen LogP contribution is 2.20. The number of benzene rings is 3. The fourth-order valence-corrected chi connectivity index (χ4v) is 5.09. The van der Waals surface area contributed by atoms with Crippen LogP contribution in [0.15, 0.2) is 152 Å². The van der Waals surface area contributed by atoms with E-state index in [0.29, 0.717) is 0 Å². The van der Waals surface area contributed by atoms with Crippen molar-refractivity contribution < 1.29 is 0 Å². The predicted molar refractivity (Wildman–Crippen MR) is 185 cm³/mol. The van der Waals surface area contributed by atoms with Gasteiger partial charge in [-0.25, -0.2) is 28.5 Å². The Morgan fingerprint density at radius 3 is 1.26 bits per heavy atom. The average molecular weight is 614 g/mol. The molecule has 9 rings (SSSR count). The molecule has 0 saturated carbocycles. The zero-order valence-electron chi connectivity index (χ0n) is 26.0. The molecule has 0 N–H and O–H groups in total. The van der Waals surface area contributed by atoms with E-state index in [1.807, 2.05) is 124 Å². The van der Waals surface area contributed by atoms with E-state index in [0.717, 1.165) is 61.8 Å². The van der Waals surface area contributed by atoms with Crippen molar-refractivity contribution in [3.8, 4) is 33.8 Å². The number of hydrogen-bond donors (Lipinski definition) is 0. The fraction of sp³-hybridized carbons (Fsp3) is 0.0526. The predicted octanol–water partition coefficient (Wildman–Crippen LogP) is 7.81. The van der Waals surface area contributed by atoms with Crippen LogP contribution in [0.3, 0.4) is 0 Å². The lowest BCUT2D eigenvalue weighted by atomic mass is 10.1. The van der Waals surface area contributed by atoms with E-state index in [4.69, 9.17) is 0 Å². The third kappa shape index (κ3) is 6.50. The molecule has 0 aliphatic rings. The number of fused-ring (bicyclic) bond motifs is 3. The molecule has 0 aliphatic heterocycles. The number of hydrogen-bond acceptors (Lipinski definition) is 6. The maximum Gasteiger partial charge on any atom is 0.158 e. The Bertz CT molecular complexity index is 2260. The van der Waals surface area contributed by atoms with Gasteiger partial charge in [-0.15, -0.1) is 0 Å². The molecule has 0 radical (unpaired) electrons.